The number of anilines is 2. The summed E-state index contributed by atoms with van der Waals surface area (Å²) < 4.78 is 1.62. The van der Waals surface area contributed by atoms with Gasteiger partial charge in [-0.1, -0.05) is 0 Å². The van der Waals surface area contributed by atoms with E-state index >= 15 is 0 Å². The summed E-state index contributed by atoms with van der Waals surface area (Å²) in [6.07, 6.45) is 6.41. The van der Waals surface area contributed by atoms with Crippen molar-refractivity contribution in [3.05, 3.63) is 48.7 Å². The molecular formula is C18H20N8O. The lowest BCUT2D eigenvalue weighted by atomic mass is 9.96. The normalized spacial score (nSPS) is 14.9. The summed E-state index contributed by atoms with van der Waals surface area (Å²) in [5, 5.41) is 15.4. The zero-order chi connectivity index (χ0) is 18.6. The van der Waals surface area contributed by atoms with Gasteiger partial charge < -0.3 is 10.2 Å². The van der Waals surface area contributed by atoms with Gasteiger partial charge in [0.2, 0.25) is 5.91 Å². The standard InChI is InChI=1S/C18H20N8O/c1-13-3-4-16(24-23-13)25-9-5-14(6-10-25)18(27)22-15-11-17(20-12-19-15)26-8-2-7-21-26/h2-4,7-8,11-12,14H,5-6,9-10H2,1H3,(H,19,20,22,27). The van der Waals surface area contributed by atoms with Crippen molar-refractivity contribution >= 4 is 17.5 Å². The summed E-state index contributed by atoms with van der Waals surface area (Å²) in [4.78, 5) is 23.1. The molecule has 0 radical (unpaired) electrons. The van der Waals surface area contributed by atoms with E-state index in [-0.39, 0.29) is 11.8 Å². The first kappa shape index (κ1) is 17.1. The van der Waals surface area contributed by atoms with Crippen LogP contribution in [0.25, 0.3) is 5.82 Å². The third-order valence-corrected chi connectivity index (χ3v) is 4.62. The number of aromatic nitrogens is 6. The molecule has 3 aromatic rings. The van der Waals surface area contributed by atoms with Crippen molar-refractivity contribution in [2.75, 3.05) is 23.3 Å². The van der Waals surface area contributed by atoms with Crippen molar-refractivity contribution in [3.8, 4) is 5.82 Å². The number of piperidine rings is 1. The molecule has 1 fully saturated rings. The fourth-order valence-electron chi connectivity index (χ4n) is 3.10. The molecule has 3 aromatic heterocycles. The van der Waals surface area contributed by atoms with Crippen LogP contribution in [0.15, 0.2) is 43.0 Å². The molecule has 9 nitrogen and oxygen atoms in total. The van der Waals surface area contributed by atoms with Gasteiger partial charge in [0.1, 0.15) is 12.1 Å². The minimum Gasteiger partial charge on any atom is -0.355 e. The van der Waals surface area contributed by atoms with Gasteiger partial charge in [-0.2, -0.15) is 10.2 Å². The predicted octanol–water partition coefficient (Wildman–Crippen LogP) is 1.62. The lowest BCUT2D eigenvalue weighted by Gasteiger charge is -2.31. The molecule has 4 rings (SSSR count). The van der Waals surface area contributed by atoms with Crippen molar-refractivity contribution in [2.24, 2.45) is 5.92 Å². The molecule has 9 heteroatoms. The van der Waals surface area contributed by atoms with E-state index in [2.05, 4.69) is 35.5 Å². The third-order valence-electron chi connectivity index (χ3n) is 4.62. The van der Waals surface area contributed by atoms with Gasteiger partial charge in [0.15, 0.2) is 11.6 Å². The number of nitrogens with one attached hydrogen (secondary N) is 1. The van der Waals surface area contributed by atoms with Crippen LogP contribution in [0.3, 0.4) is 0 Å². The highest BCUT2D eigenvalue weighted by atomic mass is 16.1. The molecule has 0 aliphatic carbocycles. The molecule has 1 aliphatic rings. The molecule has 0 aromatic carbocycles. The van der Waals surface area contributed by atoms with Crippen molar-refractivity contribution in [3.63, 3.8) is 0 Å². The Morgan fingerprint density at radius 2 is 2.00 bits per heavy atom. The summed E-state index contributed by atoms with van der Waals surface area (Å²) in [6, 6.07) is 7.45. The molecule has 4 heterocycles. The molecule has 0 spiro atoms. The quantitative estimate of drug-likeness (QED) is 0.750. The summed E-state index contributed by atoms with van der Waals surface area (Å²) >= 11 is 0. The molecule has 0 unspecified atom stereocenters. The minimum atomic E-state index is -0.0530. The molecule has 1 saturated heterocycles. The van der Waals surface area contributed by atoms with E-state index in [1.807, 2.05) is 25.1 Å². The number of aryl methyl sites for hydroxylation is 1. The highest BCUT2D eigenvalue weighted by Gasteiger charge is 2.26. The molecule has 138 valence electrons. The number of nitrogens with zero attached hydrogens (tertiary/aromatic N) is 7. The Kier molecular flexibility index (Phi) is 4.73. The lowest BCUT2D eigenvalue weighted by Crippen LogP contribution is -2.38. The van der Waals surface area contributed by atoms with E-state index in [1.165, 1.54) is 6.33 Å². The lowest BCUT2D eigenvalue weighted by molar-refractivity contribution is -0.120. The van der Waals surface area contributed by atoms with Crippen LogP contribution in [0.5, 0.6) is 0 Å². The zero-order valence-corrected chi connectivity index (χ0v) is 15.0. The first-order valence-corrected chi connectivity index (χ1v) is 8.87. The SMILES string of the molecule is Cc1ccc(N2CCC(C(=O)Nc3cc(-n4cccn4)ncn3)CC2)nn1. The summed E-state index contributed by atoms with van der Waals surface area (Å²) in [5.41, 5.74) is 0.896. The van der Waals surface area contributed by atoms with Gasteiger partial charge in [0.05, 0.1) is 5.69 Å². The van der Waals surface area contributed by atoms with Gasteiger partial charge in [-0.25, -0.2) is 14.6 Å². The van der Waals surface area contributed by atoms with E-state index in [0.29, 0.717) is 11.6 Å². The molecule has 0 atom stereocenters. The maximum Gasteiger partial charge on any atom is 0.228 e. The topological polar surface area (TPSA) is 102 Å². The maximum atomic E-state index is 12.6. The average molecular weight is 364 g/mol. The predicted molar refractivity (Wildman–Crippen MR) is 99.5 cm³/mol. The Hall–Kier alpha value is -3.36. The van der Waals surface area contributed by atoms with Crippen molar-refractivity contribution < 1.29 is 4.79 Å². The van der Waals surface area contributed by atoms with E-state index in [4.69, 9.17) is 0 Å². The number of hydrogen-bond donors (Lipinski definition) is 1. The van der Waals surface area contributed by atoms with E-state index in [0.717, 1.165) is 37.4 Å². The summed E-state index contributed by atoms with van der Waals surface area (Å²) in [5.74, 6) is 1.88. The monoisotopic (exact) mass is 364 g/mol. The van der Waals surface area contributed by atoms with E-state index in [9.17, 15) is 4.79 Å². The van der Waals surface area contributed by atoms with Crippen molar-refractivity contribution in [2.45, 2.75) is 19.8 Å². The highest BCUT2D eigenvalue weighted by molar-refractivity contribution is 5.92. The summed E-state index contributed by atoms with van der Waals surface area (Å²) in [7, 11) is 0. The average Bonchev–Trinajstić information content (AvgIpc) is 3.24. The largest absolute Gasteiger partial charge is 0.355 e. The van der Waals surface area contributed by atoms with Gasteiger partial charge in [-0.15, -0.1) is 5.10 Å². The van der Waals surface area contributed by atoms with Crippen LogP contribution in [-0.4, -0.2) is 48.9 Å². The van der Waals surface area contributed by atoms with Gasteiger partial charge in [0.25, 0.3) is 0 Å². The third kappa shape index (κ3) is 3.91. The fraction of sp³-hybridized carbons (Fsp3) is 0.333. The van der Waals surface area contributed by atoms with Gasteiger partial charge in [-0.05, 0) is 38.0 Å². The van der Waals surface area contributed by atoms with Crippen LogP contribution in [0.4, 0.5) is 11.6 Å². The second-order valence-electron chi connectivity index (χ2n) is 6.50. The number of hydrogen-bond acceptors (Lipinski definition) is 7. The molecule has 27 heavy (non-hydrogen) atoms. The first-order chi connectivity index (χ1) is 13.2. The van der Waals surface area contributed by atoms with Crippen molar-refractivity contribution in [1.29, 1.82) is 0 Å². The Morgan fingerprint density at radius 3 is 2.70 bits per heavy atom. The smallest absolute Gasteiger partial charge is 0.228 e. The van der Waals surface area contributed by atoms with Gasteiger partial charge in [0, 0.05) is 37.5 Å². The Labute approximate surface area is 156 Å². The second-order valence-corrected chi connectivity index (χ2v) is 6.50. The molecule has 0 bridgehead atoms. The number of amides is 1. The number of carbonyl (C=O) groups is 1. The number of carbonyl (C=O) groups excluding carboxylic acids is 1. The van der Waals surface area contributed by atoms with Crippen LogP contribution in [-0.2, 0) is 4.79 Å². The maximum absolute atomic E-state index is 12.6. The van der Waals surface area contributed by atoms with Crippen LogP contribution in [0.2, 0.25) is 0 Å². The van der Waals surface area contributed by atoms with E-state index < -0.39 is 0 Å². The van der Waals surface area contributed by atoms with Crippen LogP contribution in [0, 0.1) is 12.8 Å². The zero-order valence-electron chi connectivity index (χ0n) is 15.0. The fourth-order valence-corrected chi connectivity index (χ4v) is 3.10. The van der Waals surface area contributed by atoms with E-state index in [1.54, 1.807) is 23.1 Å². The Balaban J connectivity index is 1.36. The van der Waals surface area contributed by atoms with Crippen LogP contribution in [0.1, 0.15) is 18.5 Å². The van der Waals surface area contributed by atoms with Gasteiger partial charge in [-0.3, -0.25) is 4.79 Å². The highest BCUT2D eigenvalue weighted by Crippen LogP contribution is 2.22. The Bertz CT molecular complexity index is 901. The van der Waals surface area contributed by atoms with Crippen molar-refractivity contribution in [1.82, 2.24) is 29.9 Å². The number of rotatable bonds is 4. The van der Waals surface area contributed by atoms with Crippen LogP contribution < -0.4 is 10.2 Å². The molecule has 1 aliphatic heterocycles. The summed E-state index contributed by atoms with van der Waals surface area (Å²) in [6.45, 7) is 3.47. The molecule has 1 amide bonds. The van der Waals surface area contributed by atoms with Crippen LogP contribution >= 0.6 is 0 Å². The Morgan fingerprint density at radius 1 is 1.15 bits per heavy atom. The molecular weight excluding hydrogens is 344 g/mol. The molecule has 0 saturated carbocycles. The second kappa shape index (κ2) is 7.48. The van der Waals surface area contributed by atoms with Gasteiger partial charge >= 0.3 is 0 Å². The first-order valence-electron chi connectivity index (χ1n) is 8.87. The molecule has 1 N–H and O–H groups in total. The minimum absolute atomic E-state index is 0.0187.